The fraction of sp³-hybridized carbons (Fsp3) is 0.240. The molecule has 0 radical (unpaired) electrons. The van der Waals surface area contributed by atoms with Crippen LogP contribution in [0.4, 0.5) is 17.1 Å². The number of nitrogens with one attached hydrogen (secondary N) is 1. The third-order valence-corrected chi connectivity index (χ3v) is 7.62. The Morgan fingerprint density at radius 1 is 1.11 bits per heavy atom. The van der Waals surface area contributed by atoms with Crippen molar-refractivity contribution < 1.29 is 22.9 Å². The van der Waals surface area contributed by atoms with Gasteiger partial charge in [0.1, 0.15) is 12.3 Å². The molecule has 0 spiro atoms. The molecular weight excluding hydrogens is 520 g/mol. The van der Waals surface area contributed by atoms with Crippen molar-refractivity contribution in [3.8, 4) is 5.75 Å². The number of nitrogens with zero attached hydrogens (tertiary/aromatic N) is 3. The summed E-state index contributed by atoms with van der Waals surface area (Å²) in [6, 6.07) is 17.5. The van der Waals surface area contributed by atoms with Gasteiger partial charge < -0.3 is 15.0 Å². The smallest absolute Gasteiger partial charge is 0.273 e. The Morgan fingerprint density at radius 2 is 1.81 bits per heavy atom. The number of likely N-dealkylation sites (N-methyl/N-ethyl adjacent to an activating group) is 1. The molecule has 0 fully saturated rings. The second kappa shape index (κ2) is 11.9. The van der Waals surface area contributed by atoms with E-state index in [-0.39, 0.29) is 33.6 Å². The SMILES string of the molecule is COc1ccc(Cl)cc1N(CC(=O)NCCN(C)c1ccccc1)S(=O)(=O)c1ccc(C)c([N+](=O)[O-])c1. The number of methoxy groups -OCH3 is 1. The predicted octanol–water partition coefficient (Wildman–Crippen LogP) is 4.01. The maximum atomic E-state index is 13.7. The summed E-state index contributed by atoms with van der Waals surface area (Å²) in [5, 5.41) is 14.4. The lowest BCUT2D eigenvalue weighted by Crippen LogP contribution is -2.43. The number of aryl methyl sites for hydroxylation is 1. The molecule has 0 heterocycles. The van der Waals surface area contributed by atoms with Crippen LogP contribution < -0.4 is 19.3 Å². The van der Waals surface area contributed by atoms with E-state index in [2.05, 4.69) is 5.32 Å². The quantitative estimate of drug-likeness (QED) is 0.285. The molecule has 3 aromatic carbocycles. The van der Waals surface area contributed by atoms with Crippen LogP contribution in [0.2, 0.25) is 5.02 Å². The molecule has 1 amide bonds. The van der Waals surface area contributed by atoms with Crippen molar-refractivity contribution in [1.82, 2.24) is 5.32 Å². The van der Waals surface area contributed by atoms with Crippen LogP contribution in [0.1, 0.15) is 5.56 Å². The van der Waals surface area contributed by atoms with Crippen LogP contribution in [0.5, 0.6) is 5.75 Å². The van der Waals surface area contributed by atoms with Crippen LogP contribution in [-0.2, 0) is 14.8 Å². The molecule has 0 bridgehead atoms. The number of para-hydroxylation sites is 1. The summed E-state index contributed by atoms with van der Waals surface area (Å²) in [6.07, 6.45) is 0. The van der Waals surface area contributed by atoms with Gasteiger partial charge in [0.2, 0.25) is 5.91 Å². The lowest BCUT2D eigenvalue weighted by Gasteiger charge is -2.26. The monoisotopic (exact) mass is 546 g/mol. The molecule has 3 aromatic rings. The van der Waals surface area contributed by atoms with Gasteiger partial charge in [-0.25, -0.2) is 8.42 Å². The number of anilines is 2. The van der Waals surface area contributed by atoms with Gasteiger partial charge in [0.05, 0.1) is 22.6 Å². The van der Waals surface area contributed by atoms with Gasteiger partial charge >= 0.3 is 0 Å². The van der Waals surface area contributed by atoms with Gasteiger partial charge in [-0.1, -0.05) is 35.9 Å². The standard InChI is InChI=1S/C25H27ClN4O6S/c1-18-9-11-21(16-22(18)30(32)33)37(34,35)29(23-15-19(26)10-12-24(23)36-3)17-25(31)27-13-14-28(2)20-7-5-4-6-8-20/h4-12,15-16H,13-14,17H2,1-3H3,(H,27,31). The lowest BCUT2D eigenvalue weighted by molar-refractivity contribution is -0.385. The number of hydrogen-bond acceptors (Lipinski definition) is 7. The van der Waals surface area contributed by atoms with Crippen molar-refractivity contribution >= 4 is 44.6 Å². The Balaban J connectivity index is 1.90. The summed E-state index contributed by atoms with van der Waals surface area (Å²) in [5.74, 6) is -0.417. The minimum absolute atomic E-state index is 0.0229. The average Bonchev–Trinajstić information content (AvgIpc) is 2.87. The first-order valence-corrected chi connectivity index (χ1v) is 13.0. The van der Waals surface area contributed by atoms with Crippen LogP contribution in [0.3, 0.4) is 0 Å². The normalized spacial score (nSPS) is 11.0. The zero-order valence-corrected chi connectivity index (χ0v) is 22.1. The van der Waals surface area contributed by atoms with Gasteiger partial charge in [-0.05, 0) is 43.3 Å². The van der Waals surface area contributed by atoms with Crippen molar-refractivity contribution in [2.75, 3.05) is 43.0 Å². The largest absolute Gasteiger partial charge is 0.495 e. The minimum atomic E-state index is -4.44. The minimum Gasteiger partial charge on any atom is -0.495 e. The van der Waals surface area contributed by atoms with E-state index in [1.165, 1.54) is 44.4 Å². The molecule has 0 saturated carbocycles. The fourth-order valence-corrected chi connectivity index (χ4v) is 5.20. The van der Waals surface area contributed by atoms with Crippen LogP contribution in [0, 0.1) is 17.0 Å². The van der Waals surface area contributed by atoms with E-state index in [0.29, 0.717) is 12.1 Å². The number of nitro groups is 1. The van der Waals surface area contributed by atoms with Crippen LogP contribution in [0.15, 0.2) is 71.6 Å². The summed E-state index contributed by atoms with van der Waals surface area (Å²) < 4.78 is 33.6. The molecule has 0 aliphatic heterocycles. The van der Waals surface area contributed by atoms with Gasteiger partial charge in [-0.15, -0.1) is 0 Å². The predicted molar refractivity (Wildman–Crippen MR) is 143 cm³/mol. The maximum Gasteiger partial charge on any atom is 0.273 e. The number of sulfonamides is 1. The molecule has 0 aliphatic rings. The van der Waals surface area contributed by atoms with Crippen LogP contribution >= 0.6 is 11.6 Å². The Bertz CT molecular complexity index is 1390. The number of halogens is 1. The highest BCUT2D eigenvalue weighted by atomic mass is 35.5. The average molecular weight is 547 g/mol. The molecule has 3 rings (SSSR count). The van der Waals surface area contributed by atoms with Gasteiger partial charge in [0.15, 0.2) is 0 Å². The van der Waals surface area contributed by atoms with Crippen LogP contribution in [0.25, 0.3) is 0 Å². The zero-order chi connectivity index (χ0) is 27.2. The van der Waals surface area contributed by atoms with Gasteiger partial charge in [0, 0.05) is 42.5 Å². The highest BCUT2D eigenvalue weighted by molar-refractivity contribution is 7.92. The fourth-order valence-electron chi connectivity index (χ4n) is 3.59. The van der Waals surface area contributed by atoms with Gasteiger partial charge in [-0.3, -0.25) is 19.2 Å². The van der Waals surface area contributed by atoms with E-state index < -0.39 is 27.4 Å². The number of ether oxygens (including phenoxy) is 1. The van der Waals surface area contributed by atoms with Crippen molar-refractivity contribution in [1.29, 1.82) is 0 Å². The van der Waals surface area contributed by atoms with Crippen molar-refractivity contribution in [3.63, 3.8) is 0 Å². The second-order valence-electron chi connectivity index (χ2n) is 8.14. The van der Waals surface area contributed by atoms with Crippen molar-refractivity contribution in [2.24, 2.45) is 0 Å². The van der Waals surface area contributed by atoms with E-state index in [4.69, 9.17) is 16.3 Å². The van der Waals surface area contributed by atoms with Crippen LogP contribution in [-0.4, -0.2) is 53.0 Å². The van der Waals surface area contributed by atoms with E-state index in [9.17, 15) is 23.3 Å². The van der Waals surface area contributed by atoms with E-state index in [1.807, 2.05) is 42.3 Å². The van der Waals surface area contributed by atoms with Crippen molar-refractivity contribution in [2.45, 2.75) is 11.8 Å². The third-order valence-electron chi connectivity index (χ3n) is 5.63. The first-order valence-electron chi connectivity index (χ1n) is 11.2. The Morgan fingerprint density at radius 3 is 2.46 bits per heavy atom. The topological polar surface area (TPSA) is 122 Å². The molecule has 0 aromatic heterocycles. The summed E-state index contributed by atoms with van der Waals surface area (Å²) in [7, 11) is -1.21. The molecule has 1 N–H and O–H groups in total. The number of carbonyl (C=O) groups excluding carboxylic acids is 1. The number of nitro benzene ring substituents is 1. The molecule has 0 unspecified atom stereocenters. The molecule has 0 atom stereocenters. The summed E-state index contributed by atoms with van der Waals surface area (Å²) in [6.45, 7) is 1.63. The number of rotatable bonds is 11. The third kappa shape index (κ3) is 6.69. The zero-order valence-electron chi connectivity index (χ0n) is 20.5. The Hall–Kier alpha value is -3.83. The van der Waals surface area contributed by atoms with Crippen molar-refractivity contribution in [3.05, 3.63) is 87.4 Å². The molecule has 10 nitrogen and oxygen atoms in total. The van der Waals surface area contributed by atoms with Gasteiger partial charge in [-0.2, -0.15) is 0 Å². The first-order chi connectivity index (χ1) is 17.5. The highest BCUT2D eigenvalue weighted by Gasteiger charge is 2.31. The number of benzene rings is 3. The van der Waals surface area contributed by atoms with Gasteiger partial charge in [0.25, 0.3) is 15.7 Å². The second-order valence-corrected chi connectivity index (χ2v) is 10.4. The molecule has 37 heavy (non-hydrogen) atoms. The molecule has 0 saturated heterocycles. The molecule has 196 valence electrons. The first kappa shape index (κ1) is 27.8. The Kier molecular flexibility index (Phi) is 8.95. The van der Waals surface area contributed by atoms with E-state index in [0.717, 1.165) is 16.1 Å². The maximum absolute atomic E-state index is 13.7. The molecular formula is C25H27ClN4O6S. The van der Waals surface area contributed by atoms with E-state index in [1.54, 1.807) is 0 Å². The molecule has 0 aliphatic carbocycles. The lowest BCUT2D eigenvalue weighted by atomic mass is 10.2. The van der Waals surface area contributed by atoms with E-state index >= 15 is 0 Å². The number of hydrogen-bond donors (Lipinski definition) is 1. The summed E-state index contributed by atoms with van der Waals surface area (Å²) in [5.41, 5.74) is 0.934. The highest BCUT2D eigenvalue weighted by Crippen LogP contribution is 2.35. The summed E-state index contributed by atoms with van der Waals surface area (Å²) >= 11 is 6.14. The number of amides is 1. The Labute approximate surface area is 220 Å². The number of carbonyl (C=O) groups is 1. The molecule has 12 heteroatoms. The summed E-state index contributed by atoms with van der Waals surface area (Å²) in [4.78, 5) is 25.3.